The Bertz CT molecular complexity index is 1550. The molecular weight excluding hydrogens is 586 g/mol. The Hall–Kier alpha value is -4.36. The standard InChI is InChI=1S/2C15H12FNO3S/c16-14-6-4-13(5-7-14)11-21(20)9-8-12-2-1-3-15(10-12)17(18)19;16-14-7-5-12(6-8-14)11-21(20)10-9-13-3-1-2-4-15(13)17(18)19/h2*1-10H,11H2/b9-8+;10-9+. The van der Waals surface area contributed by atoms with Gasteiger partial charge in [-0.1, -0.05) is 48.5 Å². The summed E-state index contributed by atoms with van der Waals surface area (Å²) in [6.07, 6.45) is 3.05. The monoisotopic (exact) mass is 610 g/mol. The molecule has 4 aromatic carbocycles. The lowest BCUT2D eigenvalue weighted by atomic mass is 10.2. The number of hydrogen-bond donors (Lipinski definition) is 0. The van der Waals surface area contributed by atoms with E-state index in [0.717, 1.165) is 11.1 Å². The molecule has 216 valence electrons. The zero-order chi connectivity index (χ0) is 30.5. The van der Waals surface area contributed by atoms with Gasteiger partial charge < -0.3 is 9.11 Å². The average molecular weight is 611 g/mol. The van der Waals surface area contributed by atoms with Crippen LogP contribution in [0, 0.1) is 31.9 Å². The highest BCUT2D eigenvalue weighted by Crippen LogP contribution is 2.20. The van der Waals surface area contributed by atoms with E-state index in [-0.39, 0.29) is 34.5 Å². The molecule has 4 rings (SSSR count). The van der Waals surface area contributed by atoms with Crippen LogP contribution in [0.3, 0.4) is 0 Å². The molecule has 0 bridgehead atoms. The lowest BCUT2D eigenvalue weighted by Crippen LogP contribution is -2.00. The van der Waals surface area contributed by atoms with Gasteiger partial charge in [0, 0.05) is 29.3 Å². The first-order valence-electron chi connectivity index (χ1n) is 12.2. The summed E-state index contributed by atoms with van der Waals surface area (Å²) >= 11 is -2.59. The molecule has 0 aliphatic carbocycles. The van der Waals surface area contributed by atoms with Gasteiger partial charge in [-0.15, -0.1) is 0 Å². The van der Waals surface area contributed by atoms with Gasteiger partial charge in [-0.05, 0) is 70.4 Å². The molecule has 0 heterocycles. The molecule has 0 saturated carbocycles. The number of nitro benzene ring substituents is 2. The van der Waals surface area contributed by atoms with Crippen LogP contribution in [0.15, 0.2) is 108 Å². The van der Waals surface area contributed by atoms with E-state index >= 15 is 0 Å². The molecule has 4 aromatic rings. The van der Waals surface area contributed by atoms with E-state index in [2.05, 4.69) is 0 Å². The Balaban J connectivity index is 0.000000230. The highest BCUT2D eigenvalue weighted by Gasteiger charge is 2.11. The first-order valence-corrected chi connectivity index (χ1v) is 14.9. The fourth-order valence-corrected chi connectivity index (χ4v) is 5.27. The highest BCUT2D eigenvalue weighted by molar-refractivity contribution is 7.93. The number of hydrogen-bond acceptors (Lipinski definition) is 6. The van der Waals surface area contributed by atoms with Crippen LogP contribution in [0.25, 0.3) is 12.2 Å². The topological polar surface area (TPSA) is 132 Å². The smallest absolute Gasteiger partial charge is 0.276 e. The van der Waals surface area contributed by atoms with Gasteiger partial charge in [0.05, 0.1) is 15.4 Å². The lowest BCUT2D eigenvalue weighted by molar-refractivity contribution is -0.385. The van der Waals surface area contributed by atoms with Crippen molar-refractivity contribution in [2.75, 3.05) is 0 Å². The average Bonchev–Trinajstić information content (AvgIpc) is 2.98. The fourth-order valence-electron chi connectivity index (χ4n) is 3.43. The van der Waals surface area contributed by atoms with Crippen LogP contribution >= 0.6 is 0 Å². The first-order chi connectivity index (χ1) is 20.1. The number of non-ortho nitro benzene ring substituents is 1. The Morgan fingerprint density at radius 1 is 0.643 bits per heavy atom. The van der Waals surface area contributed by atoms with Crippen molar-refractivity contribution in [2.45, 2.75) is 11.5 Å². The summed E-state index contributed by atoms with van der Waals surface area (Å²) in [7, 11) is 0. The SMILES string of the molecule is O=[N+]([O-])c1cccc(/C=C/[S+]([O-])Cc2ccc(F)cc2)c1.O=[N+]([O-])c1ccccc1/C=C/[S+]([O-])Cc1ccc(F)cc1. The maximum absolute atomic E-state index is 12.8. The number of para-hydroxylation sites is 1. The van der Waals surface area contributed by atoms with E-state index < -0.39 is 32.2 Å². The molecule has 0 spiro atoms. The first kappa shape index (κ1) is 32.2. The van der Waals surface area contributed by atoms with E-state index in [1.165, 1.54) is 59.4 Å². The summed E-state index contributed by atoms with van der Waals surface area (Å²) in [5.41, 5.74) is 2.46. The van der Waals surface area contributed by atoms with Gasteiger partial charge in [-0.2, -0.15) is 0 Å². The second-order valence-electron chi connectivity index (χ2n) is 8.58. The van der Waals surface area contributed by atoms with E-state index in [4.69, 9.17) is 0 Å². The molecule has 0 N–H and O–H groups in total. The molecule has 8 nitrogen and oxygen atoms in total. The predicted octanol–water partition coefficient (Wildman–Crippen LogP) is 7.31. The minimum atomic E-state index is -1.33. The van der Waals surface area contributed by atoms with Crippen LogP contribution < -0.4 is 0 Å². The molecule has 0 fully saturated rings. The summed E-state index contributed by atoms with van der Waals surface area (Å²) in [5.74, 6) is -0.181. The Kier molecular flexibility index (Phi) is 12.4. The molecular formula is C30H24F2N2O6S2. The lowest BCUT2D eigenvalue weighted by Gasteiger charge is -2.05. The predicted molar refractivity (Wildman–Crippen MR) is 161 cm³/mol. The molecule has 2 atom stereocenters. The largest absolute Gasteiger partial charge is 0.612 e. The third-order valence-electron chi connectivity index (χ3n) is 5.47. The second kappa shape index (κ2) is 16.2. The highest BCUT2D eigenvalue weighted by atomic mass is 32.2. The van der Waals surface area contributed by atoms with Crippen molar-refractivity contribution < 1.29 is 27.7 Å². The van der Waals surface area contributed by atoms with Crippen LogP contribution in [0.5, 0.6) is 0 Å². The van der Waals surface area contributed by atoms with Crippen molar-refractivity contribution >= 4 is 45.9 Å². The Morgan fingerprint density at radius 3 is 1.69 bits per heavy atom. The molecule has 12 heteroatoms. The van der Waals surface area contributed by atoms with Gasteiger partial charge >= 0.3 is 0 Å². The van der Waals surface area contributed by atoms with Crippen molar-refractivity contribution in [1.29, 1.82) is 0 Å². The van der Waals surface area contributed by atoms with Gasteiger partial charge in [0.15, 0.2) is 0 Å². The van der Waals surface area contributed by atoms with Gasteiger partial charge in [-0.3, -0.25) is 20.2 Å². The van der Waals surface area contributed by atoms with Crippen molar-refractivity contribution in [3.05, 3.63) is 162 Å². The molecule has 0 aliphatic heterocycles. The molecule has 0 radical (unpaired) electrons. The van der Waals surface area contributed by atoms with E-state index in [0.29, 0.717) is 11.1 Å². The van der Waals surface area contributed by atoms with E-state index in [9.17, 15) is 38.1 Å². The van der Waals surface area contributed by atoms with Crippen molar-refractivity contribution in [1.82, 2.24) is 0 Å². The van der Waals surface area contributed by atoms with E-state index in [1.807, 2.05) is 0 Å². The molecule has 42 heavy (non-hydrogen) atoms. The summed E-state index contributed by atoms with van der Waals surface area (Å²) in [4.78, 5) is 20.5. The zero-order valence-electron chi connectivity index (χ0n) is 21.9. The second-order valence-corrected chi connectivity index (χ2v) is 11.2. The molecule has 2 unspecified atom stereocenters. The number of rotatable bonds is 10. The zero-order valence-corrected chi connectivity index (χ0v) is 23.5. The van der Waals surface area contributed by atoms with Gasteiger partial charge in [-0.25, -0.2) is 8.78 Å². The third-order valence-corrected chi connectivity index (χ3v) is 7.59. The number of halogens is 2. The van der Waals surface area contributed by atoms with Crippen molar-refractivity contribution in [3.8, 4) is 0 Å². The van der Waals surface area contributed by atoms with E-state index in [1.54, 1.807) is 60.7 Å². The third kappa shape index (κ3) is 10.9. The van der Waals surface area contributed by atoms with Crippen molar-refractivity contribution in [3.63, 3.8) is 0 Å². The van der Waals surface area contributed by atoms with Crippen LogP contribution in [0.2, 0.25) is 0 Å². The van der Waals surface area contributed by atoms with Crippen LogP contribution in [-0.2, 0) is 33.9 Å². The van der Waals surface area contributed by atoms with Gasteiger partial charge in [0.25, 0.3) is 11.4 Å². The van der Waals surface area contributed by atoms with Crippen LogP contribution in [0.1, 0.15) is 22.3 Å². The van der Waals surface area contributed by atoms with Gasteiger partial charge in [0.1, 0.15) is 34.0 Å². The Morgan fingerprint density at radius 2 is 1.17 bits per heavy atom. The van der Waals surface area contributed by atoms with Gasteiger partial charge in [0.2, 0.25) is 0 Å². The summed E-state index contributed by atoms with van der Waals surface area (Å²) < 4.78 is 49.3. The maximum atomic E-state index is 12.8. The molecule has 0 amide bonds. The fraction of sp³-hybridized carbons (Fsp3) is 0.0667. The minimum absolute atomic E-state index is 0.0125. The van der Waals surface area contributed by atoms with Crippen molar-refractivity contribution in [2.24, 2.45) is 0 Å². The molecule has 0 aromatic heterocycles. The number of benzene rings is 4. The quantitative estimate of drug-likeness (QED) is 0.105. The number of nitro groups is 2. The maximum Gasteiger partial charge on any atom is 0.276 e. The van der Waals surface area contributed by atoms with Crippen LogP contribution in [-0.4, -0.2) is 19.0 Å². The number of nitrogens with zero attached hydrogens (tertiary/aromatic N) is 2. The molecule has 0 aliphatic rings. The molecule has 0 saturated heterocycles. The summed E-state index contributed by atoms with van der Waals surface area (Å²) in [5, 5.41) is 24.4. The Labute approximate surface area is 246 Å². The minimum Gasteiger partial charge on any atom is -0.612 e. The summed E-state index contributed by atoms with van der Waals surface area (Å²) in [6.45, 7) is 0. The normalized spacial score (nSPS) is 12.5. The van der Waals surface area contributed by atoms with Crippen LogP contribution in [0.4, 0.5) is 20.2 Å². The summed E-state index contributed by atoms with van der Waals surface area (Å²) in [6, 6.07) is 23.8.